The van der Waals surface area contributed by atoms with Gasteiger partial charge in [-0.15, -0.1) is 0 Å². The fourth-order valence-corrected chi connectivity index (χ4v) is 3.47. The van der Waals surface area contributed by atoms with Crippen LogP contribution in [-0.2, 0) is 19.6 Å². The Balaban J connectivity index is 2.08. The van der Waals surface area contributed by atoms with E-state index in [1.54, 1.807) is 17.0 Å². The van der Waals surface area contributed by atoms with E-state index in [2.05, 4.69) is 0 Å². The second kappa shape index (κ2) is 7.94. The van der Waals surface area contributed by atoms with Crippen LogP contribution in [0.3, 0.4) is 0 Å². The molecule has 1 atom stereocenters. The van der Waals surface area contributed by atoms with Crippen LogP contribution in [0.5, 0.6) is 0 Å². The molecule has 0 aliphatic carbocycles. The summed E-state index contributed by atoms with van der Waals surface area (Å²) < 4.78 is 29.9. The van der Waals surface area contributed by atoms with Crippen LogP contribution in [0.1, 0.15) is 15.9 Å². The average molecular weight is 370 g/mol. The van der Waals surface area contributed by atoms with Crippen LogP contribution >= 0.6 is 0 Å². The Hall–Kier alpha value is -1.97. The summed E-state index contributed by atoms with van der Waals surface area (Å²) in [5.74, 6) is -1.38. The molecular weight excluding hydrogens is 348 g/mol. The molecule has 0 radical (unpaired) electrons. The van der Waals surface area contributed by atoms with E-state index in [1.807, 2.05) is 19.1 Å². The molecule has 8 nitrogen and oxygen atoms in total. The number of hydrogen-bond acceptors (Lipinski definition) is 5. The van der Waals surface area contributed by atoms with Gasteiger partial charge in [-0.3, -0.25) is 9.59 Å². The van der Waals surface area contributed by atoms with E-state index in [9.17, 15) is 18.0 Å². The minimum absolute atomic E-state index is 0.108. The van der Waals surface area contributed by atoms with Gasteiger partial charge in [-0.25, -0.2) is 8.42 Å². The molecule has 0 spiro atoms. The Morgan fingerprint density at radius 2 is 2.04 bits per heavy atom. The zero-order valence-corrected chi connectivity index (χ0v) is 15.0. The Morgan fingerprint density at radius 3 is 2.64 bits per heavy atom. The van der Waals surface area contributed by atoms with Crippen molar-refractivity contribution in [1.82, 2.24) is 9.21 Å². The summed E-state index contributed by atoms with van der Waals surface area (Å²) in [5.41, 5.74) is 1.45. The number of rotatable bonds is 6. The van der Waals surface area contributed by atoms with Crippen LogP contribution in [0.25, 0.3) is 0 Å². The molecule has 1 amide bonds. The number of aryl methyl sites for hydroxylation is 1. The molecule has 25 heavy (non-hydrogen) atoms. The largest absolute Gasteiger partial charge is 0.480 e. The van der Waals surface area contributed by atoms with Crippen molar-refractivity contribution in [2.45, 2.75) is 13.0 Å². The van der Waals surface area contributed by atoms with Gasteiger partial charge in [0.2, 0.25) is 10.0 Å². The summed E-state index contributed by atoms with van der Waals surface area (Å²) in [6.07, 6.45) is 0.380. The highest BCUT2D eigenvalue weighted by Crippen LogP contribution is 2.15. The predicted molar refractivity (Wildman–Crippen MR) is 90.9 cm³/mol. The fraction of sp³-hybridized carbons (Fsp3) is 0.500. The van der Waals surface area contributed by atoms with Gasteiger partial charge in [-0.05, 0) is 18.6 Å². The highest BCUT2D eigenvalue weighted by molar-refractivity contribution is 7.88. The first-order valence-electron chi connectivity index (χ1n) is 7.82. The number of carboxylic acids is 1. The van der Waals surface area contributed by atoms with Crippen molar-refractivity contribution in [3.05, 3.63) is 35.4 Å². The van der Waals surface area contributed by atoms with E-state index in [0.29, 0.717) is 12.1 Å². The van der Waals surface area contributed by atoms with E-state index < -0.39 is 28.6 Å². The molecule has 2 rings (SSSR count). The van der Waals surface area contributed by atoms with E-state index in [0.717, 1.165) is 16.1 Å². The highest BCUT2D eigenvalue weighted by atomic mass is 32.2. The summed E-state index contributed by atoms with van der Waals surface area (Å²) in [6.45, 7) is 1.99. The number of morpholine rings is 1. The van der Waals surface area contributed by atoms with Gasteiger partial charge in [-0.2, -0.15) is 4.31 Å². The van der Waals surface area contributed by atoms with Crippen molar-refractivity contribution in [2.75, 3.05) is 39.0 Å². The maximum atomic E-state index is 12.7. The van der Waals surface area contributed by atoms with Crippen molar-refractivity contribution in [1.29, 1.82) is 0 Å². The molecule has 0 saturated carbocycles. The minimum atomic E-state index is -3.69. The molecule has 1 aliphatic heterocycles. The van der Waals surface area contributed by atoms with Crippen molar-refractivity contribution in [3.63, 3.8) is 0 Å². The van der Waals surface area contributed by atoms with E-state index in [-0.39, 0.29) is 25.6 Å². The summed E-state index contributed by atoms with van der Waals surface area (Å²) in [4.78, 5) is 25.2. The van der Waals surface area contributed by atoms with E-state index in [1.165, 1.54) is 0 Å². The van der Waals surface area contributed by atoms with Gasteiger partial charge >= 0.3 is 5.97 Å². The first-order valence-corrected chi connectivity index (χ1v) is 9.66. The minimum Gasteiger partial charge on any atom is -0.480 e. The third-order valence-corrected chi connectivity index (χ3v) is 5.21. The number of sulfonamides is 1. The zero-order chi connectivity index (χ0) is 18.6. The molecule has 9 heteroatoms. The summed E-state index contributed by atoms with van der Waals surface area (Å²) in [6, 6.07) is 7.24. The number of hydrogen-bond donors (Lipinski definition) is 1. The molecule has 1 aromatic rings. The Kier molecular flexibility index (Phi) is 6.15. The lowest BCUT2D eigenvalue weighted by atomic mass is 10.1. The van der Waals surface area contributed by atoms with Crippen molar-refractivity contribution >= 4 is 21.9 Å². The number of nitrogens with zero attached hydrogens (tertiary/aromatic N) is 2. The standard InChI is InChI=1S/C16H22N2O6S/c1-12-5-3-4-6-14(12)16(21)17-7-8-24-13(9-17)10-18(11-15(19)20)25(2,22)23/h3-6,13H,7-11H2,1-2H3,(H,19,20). The molecule has 138 valence electrons. The number of carbonyl (C=O) groups excluding carboxylic acids is 1. The fourth-order valence-electron chi connectivity index (χ4n) is 2.69. The van der Waals surface area contributed by atoms with E-state index >= 15 is 0 Å². The maximum absolute atomic E-state index is 12.7. The Labute approximate surface area is 147 Å². The van der Waals surface area contributed by atoms with Gasteiger partial charge in [0.15, 0.2) is 0 Å². The van der Waals surface area contributed by atoms with Crippen LogP contribution < -0.4 is 0 Å². The number of amides is 1. The predicted octanol–water partition coefficient (Wildman–Crippen LogP) is 0.182. The molecule has 0 aromatic heterocycles. The average Bonchev–Trinajstić information content (AvgIpc) is 2.53. The molecule has 1 N–H and O–H groups in total. The molecule has 1 fully saturated rings. The Bertz CT molecular complexity index is 749. The van der Waals surface area contributed by atoms with Crippen LogP contribution in [0.2, 0.25) is 0 Å². The van der Waals surface area contributed by atoms with Gasteiger partial charge < -0.3 is 14.7 Å². The maximum Gasteiger partial charge on any atom is 0.318 e. The Morgan fingerprint density at radius 1 is 1.36 bits per heavy atom. The smallest absolute Gasteiger partial charge is 0.318 e. The van der Waals surface area contributed by atoms with Gasteiger partial charge in [0.1, 0.15) is 6.54 Å². The van der Waals surface area contributed by atoms with Crippen molar-refractivity contribution in [2.24, 2.45) is 0 Å². The number of ether oxygens (including phenoxy) is 1. The lowest BCUT2D eigenvalue weighted by Crippen LogP contribution is -2.51. The lowest BCUT2D eigenvalue weighted by molar-refractivity contribution is -0.137. The molecule has 1 saturated heterocycles. The first kappa shape index (κ1) is 19.4. The van der Waals surface area contributed by atoms with Gasteiger partial charge in [-0.1, -0.05) is 18.2 Å². The van der Waals surface area contributed by atoms with Crippen molar-refractivity contribution < 1.29 is 27.9 Å². The number of carboxylic acid groups (broad SMARTS) is 1. The van der Waals surface area contributed by atoms with E-state index in [4.69, 9.17) is 9.84 Å². The molecule has 1 aliphatic rings. The normalized spacial score (nSPS) is 18.4. The molecule has 1 aromatic carbocycles. The number of aliphatic carboxylic acids is 1. The lowest BCUT2D eigenvalue weighted by Gasteiger charge is -2.35. The van der Waals surface area contributed by atoms with Gasteiger partial charge in [0, 0.05) is 25.2 Å². The van der Waals surface area contributed by atoms with Crippen LogP contribution in [0, 0.1) is 6.92 Å². The summed E-state index contributed by atoms with van der Waals surface area (Å²) >= 11 is 0. The van der Waals surface area contributed by atoms with Crippen molar-refractivity contribution in [3.8, 4) is 0 Å². The third kappa shape index (κ3) is 5.25. The zero-order valence-electron chi connectivity index (χ0n) is 14.2. The summed E-state index contributed by atoms with van der Waals surface area (Å²) in [7, 11) is -3.69. The number of benzene rings is 1. The molecule has 0 bridgehead atoms. The van der Waals surface area contributed by atoms with Crippen LogP contribution in [0.15, 0.2) is 24.3 Å². The quantitative estimate of drug-likeness (QED) is 0.766. The van der Waals surface area contributed by atoms with Crippen LogP contribution in [-0.4, -0.2) is 79.8 Å². The monoisotopic (exact) mass is 370 g/mol. The second-order valence-corrected chi connectivity index (χ2v) is 7.99. The summed E-state index contributed by atoms with van der Waals surface area (Å²) in [5, 5.41) is 8.88. The number of carbonyl (C=O) groups is 2. The molecule has 1 heterocycles. The topological polar surface area (TPSA) is 104 Å². The third-order valence-electron chi connectivity index (χ3n) is 3.99. The van der Waals surface area contributed by atoms with Gasteiger partial charge in [0.05, 0.1) is 19.0 Å². The molecular formula is C16H22N2O6S. The highest BCUT2D eigenvalue weighted by Gasteiger charge is 2.30. The van der Waals surface area contributed by atoms with Crippen LogP contribution in [0.4, 0.5) is 0 Å². The SMILES string of the molecule is Cc1ccccc1C(=O)N1CCOC(CN(CC(=O)O)S(C)(=O)=O)C1. The van der Waals surface area contributed by atoms with Gasteiger partial charge in [0.25, 0.3) is 5.91 Å². The first-order chi connectivity index (χ1) is 11.7. The second-order valence-electron chi connectivity index (χ2n) is 6.01. The molecule has 1 unspecified atom stereocenters.